The van der Waals surface area contributed by atoms with Crippen molar-refractivity contribution in [1.82, 2.24) is 9.80 Å². The highest BCUT2D eigenvalue weighted by molar-refractivity contribution is 5.31. The minimum atomic E-state index is 0.309. The summed E-state index contributed by atoms with van der Waals surface area (Å²) in [6, 6.07) is 9.40. The number of piperidine rings is 1. The monoisotopic (exact) mass is 289 g/mol. The van der Waals surface area contributed by atoms with Crippen molar-refractivity contribution < 1.29 is 4.74 Å². The van der Waals surface area contributed by atoms with Gasteiger partial charge in [-0.1, -0.05) is 18.6 Å². The van der Waals surface area contributed by atoms with E-state index in [1.807, 2.05) is 6.07 Å². The van der Waals surface area contributed by atoms with Gasteiger partial charge in [0, 0.05) is 38.3 Å². The highest BCUT2D eigenvalue weighted by atomic mass is 16.5. The summed E-state index contributed by atoms with van der Waals surface area (Å²) in [6.07, 6.45) is 4.08. The van der Waals surface area contributed by atoms with E-state index in [1.165, 1.54) is 37.9 Å². The van der Waals surface area contributed by atoms with Crippen LogP contribution in [0.15, 0.2) is 24.3 Å². The lowest BCUT2D eigenvalue weighted by Crippen LogP contribution is -2.56. The third-order valence-electron chi connectivity index (χ3n) is 5.01. The molecule has 2 saturated heterocycles. The molecule has 116 valence electrons. The molecule has 0 radical (unpaired) electrons. The van der Waals surface area contributed by atoms with Crippen LogP contribution < -0.4 is 10.5 Å². The van der Waals surface area contributed by atoms with Gasteiger partial charge in [-0.25, -0.2) is 0 Å². The topological polar surface area (TPSA) is 41.7 Å². The van der Waals surface area contributed by atoms with Crippen LogP contribution in [0, 0.1) is 0 Å². The van der Waals surface area contributed by atoms with E-state index in [0.717, 1.165) is 24.9 Å². The van der Waals surface area contributed by atoms with Crippen LogP contribution in [0.1, 0.15) is 30.9 Å². The van der Waals surface area contributed by atoms with Crippen molar-refractivity contribution in [2.24, 2.45) is 5.73 Å². The summed E-state index contributed by atoms with van der Waals surface area (Å²) < 4.78 is 5.36. The molecule has 2 aliphatic rings. The molecule has 1 aromatic rings. The summed E-state index contributed by atoms with van der Waals surface area (Å²) in [5, 5.41) is 0. The lowest BCUT2D eigenvalue weighted by Gasteiger charge is -2.46. The average molecular weight is 289 g/mol. The van der Waals surface area contributed by atoms with Crippen LogP contribution in [0.25, 0.3) is 0 Å². The average Bonchev–Trinajstić information content (AvgIpc) is 2.56. The molecule has 2 N–H and O–H groups in total. The molecular weight excluding hydrogens is 262 g/mol. The standard InChI is InChI=1S/C17H27N3O/c1-21-16-7-4-5-14(11-16)17(12-18)20-10-9-19-8-3-2-6-15(19)13-20/h4-5,7,11,15,17H,2-3,6,8-10,12-13,18H2,1H3. The molecule has 21 heavy (non-hydrogen) atoms. The molecule has 2 unspecified atom stereocenters. The van der Waals surface area contributed by atoms with Crippen molar-refractivity contribution in [1.29, 1.82) is 0 Å². The number of ether oxygens (including phenoxy) is 1. The van der Waals surface area contributed by atoms with Crippen molar-refractivity contribution in [2.75, 3.05) is 39.8 Å². The number of piperazine rings is 1. The van der Waals surface area contributed by atoms with Crippen molar-refractivity contribution in [3.63, 3.8) is 0 Å². The van der Waals surface area contributed by atoms with Crippen molar-refractivity contribution in [2.45, 2.75) is 31.3 Å². The highest BCUT2D eigenvalue weighted by Crippen LogP contribution is 2.28. The lowest BCUT2D eigenvalue weighted by molar-refractivity contribution is 0.0286. The smallest absolute Gasteiger partial charge is 0.119 e. The van der Waals surface area contributed by atoms with E-state index in [0.29, 0.717) is 12.6 Å². The second-order valence-electron chi connectivity index (χ2n) is 6.21. The van der Waals surface area contributed by atoms with E-state index in [-0.39, 0.29) is 0 Å². The van der Waals surface area contributed by atoms with Crippen LogP contribution >= 0.6 is 0 Å². The van der Waals surface area contributed by atoms with Gasteiger partial charge in [-0.2, -0.15) is 0 Å². The van der Waals surface area contributed by atoms with Gasteiger partial charge >= 0.3 is 0 Å². The van der Waals surface area contributed by atoms with Gasteiger partial charge in [-0.3, -0.25) is 9.80 Å². The van der Waals surface area contributed by atoms with Gasteiger partial charge in [0.05, 0.1) is 7.11 Å². The number of nitrogens with two attached hydrogens (primary N) is 1. The first-order valence-electron chi connectivity index (χ1n) is 8.14. The Morgan fingerprint density at radius 3 is 3.00 bits per heavy atom. The molecular formula is C17H27N3O. The van der Waals surface area contributed by atoms with Crippen molar-refractivity contribution in [3.8, 4) is 5.75 Å². The zero-order valence-electron chi connectivity index (χ0n) is 13.0. The molecule has 0 spiro atoms. The minimum Gasteiger partial charge on any atom is -0.497 e. The van der Waals surface area contributed by atoms with Crippen molar-refractivity contribution in [3.05, 3.63) is 29.8 Å². The molecule has 2 aliphatic heterocycles. The van der Waals surface area contributed by atoms with E-state index in [4.69, 9.17) is 10.5 Å². The number of nitrogens with zero attached hydrogens (tertiary/aromatic N) is 2. The Bertz CT molecular complexity index is 465. The van der Waals surface area contributed by atoms with Crippen LogP contribution in [-0.2, 0) is 0 Å². The molecule has 0 aliphatic carbocycles. The first-order valence-corrected chi connectivity index (χ1v) is 8.14. The Labute approximate surface area is 127 Å². The number of hydrogen-bond donors (Lipinski definition) is 1. The SMILES string of the molecule is COc1cccc(C(CN)N2CCN3CCCCC3C2)c1. The minimum absolute atomic E-state index is 0.309. The Balaban J connectivity index is 1.73. The first-order chi connectivity index (χ1) is 10.3. The van der Waals surface area contributed by atoms with E-state index in [1.54, 1.807) is 7.11 Å². The van der Waals surface area contributed by atoms with Crippen LogP contribution in [0.4, 0.5) is 0 Å². The fourth-order valence-corrected chi connectivity index (χ4v) is 3.81. The largest absolute Gasteiger partial charge is 0.497 e. The molecule has 2 fully saturated rings. The van der Waals surface area contributed by atoms with Gasteiger partial charge in [0.2, 0.25) is 0 Å². The maximum atomic E-state index is 6.10. The third kappa shape index (κ3) is 3.23. The second-order valence-corrected chi connectivity index (χ2v) is 6.21. The quantitative estimate of drug-likeness (QED) is 0.919. The number of benzene rings is 1. The molecule has 0 amide bonds. The summed E-state index contributed by atoms with van der Waals surface area (Å²) in [7, 11) is 1.72. The summed E-state index contributed by atoms with van der Waals surface area (Å²) in [5.74, 6) is 0.919. The fourth-order valence-electron chi connectivity index (χ4n) is 3.81. The zero-order chi connectivity index (χ0) is 14.7. The molecule has 1 aromatic carbocycles. The molecule has 4 heteroatoms. The van der Waals surface area contributed by atoms with E-state index in [2.05, 4.69) is 28.0 Å². The van der Waals surface area contributed by atoms with Crippen molar-refractivity contribution >= 4 is 0 Å². The Morgan fingerprint density at radius 2 is 2.19 bits per heavy atom. The summed E-state index contributed by atoms with van der Waals surface area (Å²) in [4.78, 5) is 5.24. The third-order valence-corrected chi connectivity index (χ3v) is 5.01. The van der Waals surface area contributed by atoms with Gasteiger partial charge in [0.1, 0.15) is 5.75 Å². The predicted octanol–water partition coefficient (Wildman–Crippen LogP) is 1.87. The Morgan fingerprint density at radius 1 is 1.29 bits per heavy atom. The van der Waals surface area contributed by atoms with Gasteiger partial charge in [-0.15, -0.1) is 0 Å². The van der Waals surface area contributed by atoms with Gasteiger partial charge in [-0.05, 0) is 37.1 Å². The Hall–Kier alpha value is -1.10. The van der Waals surface area contributed by atoms with Crippen LogP contribution in [0.2, 0.25) is 0 Å². The van der Waals surface area contributed by atoms with Crippen LogP contribution in [0.3, 0.4) is 0 Å². The highest BCUT2D eigenvalue weighted by Gasteiger charge is 2.32. The number of rotatable bonds is 4. The van der Waals surface area contributed by atoms with E-state index in [9.17, 15) is 0 Å². The van der Waals surface area contributed by atoms with E-state index < -0.39 is 0 Å². The predicted molar refractivity (Wildman–Crippen MR) is 85.6 cm³/mol. The number of methoxy groups -OCH3 is 1. The summed E-state index contributed by atoms with van der Waals surface area (Å²) >= 11 is 0. The van der Waals surface area contributed by atoms with Gasteiger partial charge in [0.25, 0.3) is 0 Å². The fraction of sp³-hybridized carbons (Fsp3) is 0.647. The van der Waals surface area contributed by atoms with Gasteiger partial charge in [0.15, 0.2) is 0 Å². The molecule has 0 bridgehead atoms. The zero-order valence-corrected chi connectivity index (χ0v) is 13.0. The molecule has 2 heterocycles. The van der Waals surface area contributed by atoms with Crippen LogP contribution in [0.5, 0.6) is 5.75 Å². The van der Waals surface area contributed by atoms with Gasteiger partial charge < -0.3 is 10.5 Å². The summed E-state index contributed by atoms with van der Waals surface area (Å²) in [6.45, 7) is 5.41. The molecule has 4 nitrogen and oxygen atoms in total. The second kappa shape index (κ2) is 6.77. The summed E-state index contributed by atoms with van der Waals surface area (Å²) in [5.41, 5.74) is 7.38. The number of hydrogen-bond acceptors (Lipinski definition) is 4. The normalized spacial score (nSPS) is 25.3. The maximum Gasteiger partial charge on any atom is 0.119 e. The molecule has 3 rings (SSSR count). The first kappa shape index (κ1) is 14.8. The lowest BCUT2D eigenvalue weighted by atomic mass is 9.97. The molecule has 0 aromatic heterocycles. The van der Waals surface area contributed by atoms with E-state index >= 15 is 0 Å². The number of fused-ring (bicyclic) bond motifs is 1. The molecule has 2 atom stereocenters. The van der Waals surface area contributed by atoms with Crippen LogP contribution in [-0.4, -0.2) is 55.7 Å². The Kier molecular flexibility index (Phi) is 4.78. The molecule has 0 saturated carbocycles. The maximum absolute atomic E-state index is 6.10.